The molecule has 0 bridgehead atoms. The van der Waals surface area contributed by atoms with Gasteiger partial charge in [0.2, 0.25) is 5.43 Å². The van der Waals surface area contributed by atoms with Crippen molar-refractivity contribution in [1.29, 1.82) is 0 Å². The molecule has 0 spiro atoms. The van der Waals surface area contributed by atoms with Crippen LogP contribution in [-0.2, 0) is 0 Å². The smallest absolute Gasteiger partial charge is 0.263 e. The Kier molecular flexibility index (Phi) is 15.7. The molecule has 5 rings (SSSR count). The zero-order valence-corrected chi connectivity index (χ0v) is 32.6. The second kappa shape index (κ2) is 19.9. The minimum atomic E-state index is -0.807. The fourth-order valence-corrected chi connectivity index (χ4v) is 7.09. The average Bonchev–Trinajstić information content (AvgIpc) is 3.11. The Morgan fingerprint density at radius 2 is 1.46 bits per heavy atom. The first kappa shape index (κ1) is 41.0. The highest BCUT2D eigenvalue weighted by Gasteiger charge is 2.25. The van der Waals surface area contributed by atoms with Crippen molar-refractivity contribution >= 4 is 22.5 Å². The van der Waals surface area contributed by atoms with Gasteiger partial charge < -0.3 is 40.4 Å². The topological polar surface area (TPSA) is 60.8 Å². The molecule has 0 saturated carbocycles. The number of benzene rings is 3. The first-order chi connectivity index (χ1) is 24.7. The molecule has 1 aliphatic heterocycles. The van der Waals surface area contributed by atoms with Gasteiger partial charge in [-0.25, -0.2) is 8.78 Å². The Balaban J connectivity index is 0.00000605. The SMILES string of the molecule is CCCCOc1cccc(-n2cc(C(=O)N(CC)c3cc(F)cc(F)c3)c(=O)c3ccc(OCCCCCCCC[N+]4(C)CCCCC4)cc32)c1.[Br-]. The maximum atomic E-state index is 14.1. The van der Waals surface area contributed by atoms with Gasteiger partial charge in [0.05, 0.1) is 45.4 Å². The van der Waals surface area contributed by atoms with Crippen molar-refractivity contribution in [2.75, 3.05) is 51.3 Å². The van der Waals surface area contributed by atoms with Crippen LogP contribution in [0.1, 0.15) is 94.8 Å². The number of ether oxygens (including phenoxy) is 2. The van der Waals surface area contributed by atoms with E-state index < -0.39 is 23.0 Å². The average molecular weight is 783 g/mol. The maximum absolute atomic E-state index is 14.1. The van der Waals surface area contributed by atoms with E-state index in [-0.39, 0.29) is 34.8 Å². The molecule has 1 aliphatic rings. The van der Waals surface area contributed by atoms with Gasteiger partial charge in [0.1, 0.15) is 28.7 Å². The molecule has 0 aliphatic carbocycles. The van der Waals surface area contributed by atoms with Gasteiger partial charge in [-0.05, 0) is 88.3 Å². The molecule has 4 aromatic rings. The highest BCUT2D eigenvalue weighted by atomic mass is 79.9. The van der Waals surface area contributed by atoms with Crippen LogP contribution in [0.2, 0.25) is 0 Å². The molecule has 10 heteroatoms. The minimum Gasteiger partial charge on any atom is -1.00 e. The molecule has 52 heavy (non-hydrogen) atoms. The van der Waals surface area contributed by atoms with Gasteiger partial charge in [-0.2, -0.15) is 0 Å². The molecule has 1 amide bonds. The van der Waals surface area contributed by atoms with Crippen LogP contribution in [0.4, 0.5) is 14.5 Å². The molecule has 0 unspecified atom stereocenters. The lowest BCUT2D eigenvalue weighted by atomic mass is 10.1. The highest BCUT2D eigenvalue weighted by molar-refractivity contribution is 6.07. The Morgan fingerprint density at radius 1 is 0.808 bits per heavy atom. The zero-order valence-electron chi connectivity index (χ0n) is 31.0. The Hall–Kier alpha value is -3.76. The molecule has 3 aromatic carbocycles. The van der Waals surface area contributed by atoms with E-state index in [2.05, 4.69) is 14.0 Å². The maximum Gasteiger partial charge on any atom is 0.263 e. The lowest BCUT2D eigenvalue weighted by Gasteiger charge is -2.37. The van der Waals surface area contributed by atoms with E-state index in [4.69, 9.17) is 9.47 Å². The number of carbonyl (C=O) groups is 1. The number of hydrogen-bond donors (Lipinski definition) is 0. The molecule has 1 saturated heterocycles. The van der Waals surface area contributed by atoms with Crippen molar-refractivity contribution in [3.63, 3.8) is 0 Å². The van der Waals surface area contributed by atoms with E-state index in [1.807, 2.05) is 30.3 Å². The Morgan fingerprint density at radius 3 is 2.15 bits per heavy atom. The van der Waals surface area contributed by atoms with E-state index in [9.17, 15) is 18.4 Å². The molecule has 0 atom stereocenters. The Labute approximate surface area is 317 Å². The second-order valence-corrected chi connectivity index (χ2v) is 14.1. The molecule has 7 nitrogen and oxygen atoms in total. The number of quaternary nitrogens is 1. The fraction of sp³-hybridized carbons (Fsp3) is 0.476. The number of carbonyl (C=O) groups excluding carboxylic acids is 1. The van der Waals surface area contributed by atoms with Crippen LogP contribution in [-0.4, -0.2) is 61.4 Å². The quantitative estimate of drug-likeness (QED) is 0.0859. The molecule has 1 fully saturated rings. The monoisotopic (exact) mass is 781 g/mol. The molecule has 2 heterocycles. The molecule has 282 valence electrons. The van der Waals surface area contributed by atoms with E-state index in [1.54, 1.807) is 23.6 Å². The lowest BCUT2D eigenvalue weighted by molar-refractivity contribution is -0.914. The molecular formula is C42H54BrF2N3O4. The highest BCUT2D eigenvalue weighted by Crippen LogP contribution is 2.27. The van der Waals surface area contributed by atoms with Gasteiger partial charge in [0.15, 0.2) is 0 Å². The standard InChI is InChI=1S/C42H54F2N3O4.BrH/c1-4-6-24-50-36-18-16-17-34(29-36)46-31-39(42(49)45(5-2)35-27-32(43)26-33(44)28-35)41(48)38-20-19-37(30-40(38)46)51-25-15-10-8-7-9-12-21-47(3)22-13-11-14-23-47;/h16-20,26-31H,4-15,21-25H2,1-3H3;1H/q+1;/p-1. The molecular weight excluding hydrogens is 728 g/mol. The predicted octanol–water partition coefficient (Wildman–Crippen LogP) is 6.47. The summed E-state index contributed by atoms with van der Waals surface area (Å²) >= 11 is 0. The van der Waals surface area contributed by atoms with Gasteiger partial charge >= 0.3 is 0 Å². The van der Waals surface area contributed by atoms with Crippen LogP contribution >= 0.6 is 0 Å². The number of nitrogens with zero attached hydrogens (tertiary/aromatic N) is 3. The number of hydrogen-bond acceptors (Lipinski definition) is 4. The van der Waals surface area contributed by atoms with Gasteiger partial charge in [0, 0.05) is 47.7 Å². The van der Waals surface area contributed by atoms with Crippen molar-refractivity contribution in [2.24, 2.45) is 0 Å². The summed E-state index contributed by atoms with van der Waals surface area (Å²) in [6, 6.07) is 15.7. The number of halogens is 3. The van der Waals surface area contributed by atoms with Gasteiger partial charge in [0.25, 0.3) is 5.91 Å². The first-order valence-corrected chi connectivity index (χ1v) is 18.9. The van der Waals surface area contributed by atoms with Crippen LogP contribution < -0.4 is 36.8 Å². The van der Waals surface area contributed by atoms with E-state index in [1.165, 1.54) is 80.2 Å². The van der Waals surface area contributed by atoms with Crippen molar-refractivity contribution in [1.82, 2.24) is 4.57 Å². The summed E-state index contributed by atoms with van der Waals surface area (Å²) in [5.41, 5.74) is 0.710. The van der Waals surface area contributed by atoms with Crippen LogP contribution in [0.15, 0.2) is 71.7 Å². The van der Waals surface area contributed by atoms with Crippen LogP contribution in [0.5, 0.6) is 11.5 Å². The Bertz CT molecular complexity index is 1800. The second-order valence-electron chi connectivity index (χ2n) is 14.1. The number of pyridine rings is 1. The number of amides is 1. The van der Waals surface area contributed by atoms with Crippen LogP contribution in [0.3, 0.4) is 0 Å². The van der Waals surface area contributed by atoms with E-state index in [0.29, 0.717) is 41.3 Å². The van der Waals surface area contributed by atoms with Crippen molar-refractivity contribution in [3.05, 3.63) is 94.3 Å². The number of piperidine rings is 1. The third-order valence-corrected chi connectivity index (χ3v) is 10.0. The largest absolute Gasteiger partial charge is 1.00 e. The minimum absolute atomic E-state index is 0. The van der Waals surface area contributed by atoms with Crippen molar-refractivity contribution in [3.8, 4) is 17.2 Å². The van der Waals surface area contributed by atoms with Gasteiger partial charge in [-0.15, -0.1) is 0 Å². The summed E-state index contributed by atoms with van der Waals surface area (Å²) < 4.78 is 43.5. The lowest BCUT2D eigenvalue weighted by Crippen LogP contribution is -3.00. The fourth-order valence-electron chi connectivity index (χ4n) is 7.09. The third-order valence-electron chi connectivity index (χ3n) is 10.0. The molecule has 0 N–H and O–H groups in total. The number of anilines is 1. The van der Waals surface area contributed by atoms with E-state index >= 15 is 0 Å². The third kappa shape index (κ3) is 10.9. The number of unbranched alkanes of at least 4 members (excludes halogenated alkanes) is 6. The van der Waals surface area contributed by atoms with Crippen LogP contribution in [0, 0.1) is 11.6 Å². The number of fused-ring (bicyclic) bond motifs is 1. The van der Waals surface area contributed by atoms with Gasteiger partial charge in [-0.3, -0.25) is 9.59 Å². The number of rotatable bonds is 18. The summed E-state index contributed by atoms with van der Waals surface area (Å²) in [5.74, 6) is -0.965. The first-order valence-electron chi connectivity index (χ1n) is 18.9. The van der Waals surface area contributed by atoms with Crippen molar-refractivity contribution < 1.29 is 44.5 Å². The van der Waals surface area contributed by atoms with Crippen LogP contribution in [0.25, 0.3) is 16.6 Å². The zero-order chi connectivity index (χ0) is 36.2. The molecule has 0 radical (unpaired) electrons. The summed E-state index contributed by atoms with van der Waals surface area (Å²) in [7, 11) is 2.42. The van der Waals surface area contributed by atoms with Crippen molar-refractivity contribution in [2.45, 2.75) is 84.5 Å². The molecule has 1 aromatic heterocycles. The summed E-state index contributed by atoms with van der Waals surface area (Å²) in [4.78, 5) is 29.1. The summed E-state index contributed by atoms with van der Waals surface area (Å²) in [6.07, 6.45) is 14.6. The summed E-state index contributed by atoms with van der Waals surface area (Å²) in [5, 5.41) is 0.327. The van der Waals surface area contributed by atoms with Gasteiger partial charge in [-0.1, -0.05) is 38.7 Å². The van der Waals surface area contributed by atoms with E-state index in [0.717, 1.165) is 43.9 Å². The number of aromatic nitrogens is 1. The summed E-state index contributed by atoms with van der Waals surface area (Å²) in [6.45, 7) is 8.99. The number of likely N-dealkylation sites (tertiary alicyclic amines) is 1. The normalized spacial score (nSPS) is 13.8. The predicted molar refractivity (Wildman–Crippen MR) is 201 cm³/mol.